The van der Waals surface area contributed by atoms with E-state index < -0.39 is 0 Å². The van der Waals surface area contributed by atoms with Gasteiger partial charge in [0.2, 0.25) is 0 Å². The predicted molar refractivity (Wildman–Crippen MR) is 81.3 cm³/mol. The highest BCUT2D eigenvalue weighted by Gasteiger charge is 2.29. The minimum Gasteiger partial charge on any atom is -0.497 e. The summed E-state index contributed by atoms with van der Waals surface area (Å²) in [6.45, 7) is 1.42. The Morgan fingerprint density at radius 3 is 2.86 bits per heavy atom. The normalized spacial score (nSPS) is 22.2. The van der Waals surface area contributed by atoms with Crippen molar-refractivity contribution in [2.75, 3.05) is 20.3 Å². The van der Waals surface area contributed by atoms with Gasteiger partial charge in [-0.2, -0.15) is 0 Å². The first-order valence-electron chi connectivity index (χ1n) is 7.23. The van der Waals surface area contributed by atoms with Gasteiger partial charge in [-0.3, -0.25) is 0 Å². The Labute approximate surface area is 124 Å². The fraction of sp³-hybridized carbons (Fsp3) is 0.438. The first-order valence-corrected chi connectivity index (χ1v) is 7.23. The molecule has 0 bridgehead atoms. The van der Waals surface area contributed by atoms with Crippen LogP contribution in [0.1, 0.15) is 18.7 Å². The van der Waals surface area contributed by atoms with Gasteiger partial charge < -0.3 is 20.2 Å². The Balaban J connectivity index is 1.73. The molecule has 0 amide bonds. The van der Waals surface area contributed by atoms with E-state index >= 15 is 0 Å². The highest BCUT2D eigenvalue weighted by Crippen LogP contribution is 2.23. The number of methoxy groups -OCH3 is 1. The number of H-pyrrole nitrogens is 1. The molecule has 112 valence electrons. The van der Waals surface area contributed by atoms with Crippen molar-refractivity contribution >= 4 is 0 Å². The fourth-order valence-corrected chi connectivity index (χ4v) is 2.72. The second-order valence-electron chi connectivity index (χ2n) is 5.67. The van der Waals surface area contributed by atoms with E-state index in [2.05, 4.69) is 9.97 Å². The molecule has 5 nitrogen and oxygen atoms in total. The van der Waals surface area contributed by atoms with Crippen LogP contribution in [0.2, 0.25) is 0 Å². The van der Waals surface area contributed by atoms with Gasteiger partial charge in [-0.1, -0.05) is 0 Å². The number of nitrogens with zero attached hydrogens (tertiary/aromatic N) is 1. The molecular weight excluding hydrogens is 266 g/mol. The van der Waals surface area contributed by atoms with Crippen LogP contribution in [0.5, 0.6) is 5.75 Å². The SMILES string of the molecule is COc1ccc(-c2cnc(CC3(N)CCCOC3)[nH]2)cc1. The zero-order chi connectivity index (χ0) is 14.7. The molecule has 0 aliphatic carbocycles. The molecule has 1 aliphatic rings. The van der Waals surface area contributed by atoms with Crippen LogP contribution in [0.15, 0.2) is 30.5 Å². The summed E-state index contributed by atoms with van der Waals surface area (Å²) in [4.78, 5) is 7.80. The number of nitrogens with two attached hydrogens (primary N) is 1. The van der Waals surface area contributed by atoms with Gasteiger partial charge >= 0.3 is 0 Å². The largest absolute Gasteiger partial charge is 0.497 e. The maximum Gasteiger partial charge on any atom is 0.118 e. The van der Waals surface area contributed by atoms with Crippen LogP contribution in [-0.2, 0) is 11.2 Å². The predicted octanol–water partition coefficient (Wildman–Crippen LogP) is 2.14. The average Bonchev–Trinajstić information content (AvgIpc) is 2.96. The lowest BCUT2D eigenvalue weighted by molar-refractivity contribution is 0.0375. The lowest BCUT2D eigenvalue weighted by Crippen LogP contribution is -2.49. The van der Waals surface area contributed by atoms with Crippen molar-refractivity contribution in [2.45, 2.75) is 24.8 Å². The third-order valence-corrected chi connectivity index (χ3v) is 3.90. The molecule has 2 aromatic rings. The first kappa shape index (κ1) is 14.1. The Bertz CT molecular complexity index is 586. The van der Waals surface area contributed by atoms with E-state index in [4.69, 9.17) is 15.2 Å². The summed E-state index contributed by atoms with van der Waals surface area (Å²) in [6.07, 6.45) is 4.56. The van der Waals surface area contributed by atoms with E-state index in [-0.39, 0.29) is 5.54 Å². The number of aromatic amines is 1. The van der Waals surface area contributed by atoms with E-state index in [0.29, 0.717) is 13.0 Å². The molecule has 1 aliphatic heterocycles. The monoisotopic (exact) mass is 287 g/mol. The third-order valence-electron chi connectivity index (χ3n) is 3.90. The fourth-order valence-electron chi connectivity index (χ4n) is 2.72. The zero-order valence-electron chi connectivity index (χ0n) is 12.3. The molecule has 2 heterocycles. The van der Waals surface area contributed by atoms with Gasteiger partial charge in [0.25, 0.3) is 0 Å². The molecule has 0 saturated carbocycles. The number of benzene rings is 1. The molecule has 21 heavy (non-hydrogen) atoms. The third kappa shape index (κ3) is 3.25. The summed E-state index contributed by atoms with van der Waals surface area (Å²) in [7, 11) is 1.66. The minimum absolute atomic E-state index is 0.298. The number of rotatable bonds is 4. The first-order chi connectivity index (χ1) is 10.2. The summed E-state index contributed by atoms with van der Waals surface area (Å²) in [5.41, 5.74) is 8.15. The van der Waals surface area contributed by atoms with E-state index in [9.17, 15) is 0 Å². The number of hydrogen-bond acceptors (Lipinski definition) is 4. The average molecular weight is 287 g/mol. The van der Waals surface area contributed by atoms with Gasteiger partial charge in [0.05, 0.1) is 25.6 Å². The highest BCUT2D eigenvalue weighted by molar-refractivity contribution is 5.59. The number of imidazole rings is 1. The van der Waals surface area contributed by atoms with Crippen molar-refractivity contribution in [3.05, 3.63) is 36.3 Å². The van der Waals surface area contributed by atoms with E-state index in [1.165, 1.54) is 0 Å². The van der Waals surface area contributed by atoms with Gasteiger partial charge in [0, 0.05) is 18.6 Å². The standard InChI is InChI=1S/C16H21N3O2/c1-20-13-5-3-12(4-6-13)14-10-18-15(19-14)9-16(17)7-2-8-21-11-16/h3-6,10H,2,7-9,11,17H2,1H3,(H,18,19). The zero-order valence-corrected chi connectivity index (χ0v) is 12.3. The molecule has 3 rings (SSSR count). The van der Waals surface area contributed by atoms with Crippen molar-refractivity contribution in [3.8, 4) is 17.0 Å². The summed E-state index contributed by atoms with van der Waals surface area (Å²) >= 11 is 0. The number of ether oxygens (including phenoxy) is 2. The van der Waals surface area contributed by atoms with Crippen molar-refractivity contribution in [3.63, 3.8) is 0 Å². The second kappa shape index (κ2) is 5.87. The van der Waals surface area contributed by atoms with Crippen molar-refractivity contribution in [2.24, 2.45) is 5.73 Å². The smallest absolute Gasteiger partial charge is 0.118 e. The van der Waals surface area contributed by atoms with Crippen LogP contribution in [0, 0.1) is 0 Å². The molecule has 1 saturated heterocycles. The Hall–Kier alpha value is -1.85. The lowest BCUT2D eigenvalue weighted by Gasteiger charge is -2.32. The maximum absolute atomic E-state index is 6.38. The van der Waals surface area contributed by atoms with Crippen molar-refractivity contribution < 1.29 is 9.47 Å². The highest BCUT2D eigenvalue weighted by atomic mass is 16.5. The molecular formula is C16H21N3O2. The number of aromatic nitrogens is 2. The van der Waals surface area contributed by atoms with Crippen LogP contribution in [-0.4, -0.2) is 35.8 Å². The molecule has 1 aromatic heterocycles. The molecule has 3 N–H and O–H groups in total. The van der Waals surface area contributed by atoms with E-state index in [1.54, 1.807) is 7.11 Å². The van der Waals surface area contributed by atoms with Gasteiger partial charge in [-0.25, -0.2) is 4.98 Å². The van der Waals surface area contributed by atoms with Crippen LogP contribution < -0.4 is 10.5 Å². The summed E-state index contributed by atoms with van der Waals surface area (Å²) < 4.78 is 10.7. The molecule has 1 aromatic carbocycles. The number of nitrogens with one attached hydrogen (secondary N) is 1. The summed E-state index contributed by atoms with van der Waals surface area (Å²) in [5.74, 6) is 1.76. The quantitative estimate of drug-likeness (QED) is 0.903. The molecule has 0 spiro atoms. The second-order valence-corrected chi connectivity index (χ2v) is 5.67. The molecule has 0 radical (unpaired) electrons. The van der Waals surface area contributed by atoms with Crippen LogP contribution in [0.25, 0.3) is 11.3 Å². The Kier molecular flexibility index (Phi) is 3.94. The molecule has 1 atom stereocenters. The molecule has 1 unspecified atom stereocenters. The lowest BCUT2D eigenvalue weighted by atomic mass is 9.90. The van der Waals surface area contributed by atoms with Crippen molar-refractivity contribution in [1.82, 2.24) is 9.97 Å². The van der Waals surface area contributed by atoms with Gasteiger partial charge in [-0.05, 0) is 42.7 Å². The van der Waals surface area contributed by atoms with Crippen LogP contribution in [0.4, 0.5) is 0 Å². The maximum atomic E-state index is 6.38. The van der Waals surface area contributed by atoms with Crippen LogP contribution >= 0.6 is 0 Å². The van der Waals surface area contributed by atoms with Crippen molar-refractivity contribution in [1.29, 1.82) is 0 Å². The van der Waals surface area contributed by atoms with Gasteiger partial charge in [0.15, 0.2) is 0 Å². The molecule has 5 heteroatoms. The Morgan fingerprint density at radius 2 is 2.19 bits per heavy atom. The number of hydrogen-bond donors (Lipinski definition) is 2. The summed E-state index contributed by atoms with van der Waals surface area (Å²) in [5, 5.41) is 0. The van der Waals surface area contributed by atoms with Crippen LogP contribution in [0.3, 0.4) is 0 Å². The summed E-state index contributed by atoms with van der Waals surface area (Å²) in [6, 6.07) is 7.90. The molecule has 1 fully saturated rings. The Morgan fingerprint density at radius 1 is 1.38 bits per heavy atom. The minimum atomic E-state index is -0.298. The van der Waals surface area contributed by atoms with Gasteiger partial charge in [0.1, 0.15) is 11.6 Å². The van der Waals surface area contributed by atoms with Gasteiger partial charge in [-0.15, -0.1) is 0 Å². The van der Waals surface area contributed by atoms with E-state index in [0.717, 1.165) is 42.3 Å². The van der Waals surface area contributed by atoms with E-state index in [1.807, 2.05) is 30.5 Å². The topological polar surface area (TPSA) is 73.2 Å².